The maximum atomic E-state index is 11.0. The van der Waals surface area contributed by atoms with Gasteiger partial charge in [-0.25, -0.2) is 14.6 Å². The zero-order valence-corrected chi connectivity index (χ0v) is 7.68. The zero-order chi connectivity index (χ0) is 10.6. The van der Waals surface area contributed by atoms with Gasteiger partial charge < -0.3 is 9.47 Å². The van der Waals surface area contributed by atoms with E-state index in [4.69, 9.17) is 0 Å². The van der Waals surface area contributed by atoms with Gasteiger partial charge in [-0.3, -0.25) is 4.98 Å². The second-order valence-corrected chi connectivity index (χ2v) is 2.27. The van der Waals surface area contributed by atoms with E-state index in [0.29, 0.717) is 0 Å². The second kappa shape index (κ2) is 4.31. The highest BCUT2D eigenvalue weighted by molar-refractivity contribution is 5.90. The number of hydrogen-bond acceptors (Lipinski definition) is 6. The summed E-state index contributed by atoms with van der Waals surface area (Å²) in [5, 5.41) is 0. The maximum Gasteiger partial charge on any atom is 0.358 e. The average Bonchev–Trinajstić information content (AvgIpc) is 2.27. The summed E-state index contributed by atoms with van der Waals surface area (Å²) in [7, 11) is 2.43. The summed E-state index contributed by atoms with van der Waals surface area (Å²) in [6, 6.07) is 0. The van der Waals surface area contributed by atoms with Crippen LogP contribution in [0.5, 0.6) is 0 Å². The van der Waals surface area contributed by atoms with Gasteiger partial charge in [-0.15, -0.1) is 0 Å². The Kier molecular flexibility index (Phi) is 3.11. The smallest absolute Gasteiger partial charge is 0.358 e. The fraction of sp³-hybridized carbons (Fsp3) is 0.250. The van der Waals surface area contributed by atoms with Gasteiger partial charge in [0.05, 0.1) is 26.6 Å². The maximum absolute atomic E-state index is 11.0. The van der Waals surface area contributed by atoms with E-state index < -0.39 is 11.9 Å². The number of rotatable bonds is 2. The van der Waals surface area contributed by atoms with Crippen LogP contribution in [0.4, 0.5) is 0 Å². The standard InChI is InChI=1S/C8H8N2O4/c1-13-7(11)5-3-9-4-6(10-5)8(12)14-2/h3-4H,1-2H3. The molecule has 6 heteroatoms. The van der Waals surface area contributed by atoms with Gasteiger partial charge >= 0.3 is 11.9 Å². The fourth-order valence-electron chi connectivity index (χ4n) is 0.772. The Morgan fingerprint density at radius 2 is 1.50 bits per heavy atom. The molecule has 1 rings (SSSR count). The molecule has 0 atom stereocenters. The third kappa shape index (κ3) is 2.03. The van der Waals surface area contributed by atoms with Crippen LogP contribution < -0.4 is 0 Å². The Hall–Kier alpha value is -1.98. The van der Waals surface area contributed by atoms with Crippen molar-refractivity contribution >= 4 is 11.9 Å². The van der Waals surface area contributed by atoms with E-state index in [9.17, 15) is 9.59 Å². The zero-order valence-electron chi connectivity index (χ0n) is 7.68. The van der Waals surface area contributed by atoms with Crippen molar-refractivity contribution in [3.63, 3.8) is 0 Å². The normalized spacial score (nSPS) is 9.29. The van der Waals surface area contributed by atoms with Crippen LogP contribution in [0.2, 0.25) is 0 Å². The van der Waals surface area contributed by atoms with Crippen LogP contribution >= 0.6 is 0 Å². The van der Waals surface area contributed by atoms with Crippen molar-refractivity contribution in [3.05, 3.63) is 23.8 Å². The molecule has 0 N–H and O–H groups in total. The summed E-state index contributed by atoms with van der Waals surface area (Å²) < 4.78 is 8.82. The van der Waals surface area contributed by atoms with Crippen molar-refractivity contribution < 1.29 is 19.1 Å². The summed E-state index contributed by atoms with van der Waals surface area (Å²) in [5.74, 6) is -1.30. The van der Waals surface area contributed by atoms with Gasteiger partial charge in [-0.2, -0.15) is 0 Å². The Bertz CT molecular complexity index is 333. The molecule has 0 aliphatic heterocycles. The molecule has 0 fully saturated rings. The van der Waals surface area contributed by atoms with Crippen LogP contribution in [0, 0.1) is 0 Å². The van der Waals surface area contributed by atoms with E-state index in [1.54, 1.807) is 0 Å². The molecule has 14 heavy (non-hydrogen) atoms. The Balaban J connectivity index is 3.01. The van der Waals surface area contributed by atoms with Gasteiger partial charge in [-0.05, 0) is 0 Å². The SMILES string of the molecule is COC(=O)c1cncc(C(=O)OC)n1. The first-order valence-corrected chi connectivity index (χ1v) is 3.67. The number of nitrogens with zero attached hydrogens (tertiary/aromatic N) is 2. The molecule has 0 radical (unpaired) electrons. The van der Waals surface area contributed by atoms with Gasteiger partial charge in [0.15, 0.2) is 11.4 Å². The van der Waals surface area contributed by atoms with Gasteiger partial charge in [0, 0.05) is 0 Å². The molecule has 0 aliphatic carbocycles. The molecule has 0 saturated heterocycles. The summed E-state index contributed by atoms with van der Waals surface area (Å²) >= 11 is 0. The minimum atomic E-state index is -0.650. The molecule has 74 valence electrons. The van der Waals surface area contributed by atoms with Crippen molar-refractivity contribution in [1.29, 1.82) is 0 Å². The number of esters is 2. The Morgan fingerprint density at radius 1 is 1.07 bits per heavy atom. The average molecular weight is 196 g/mol. The largest absolute Gasteiger partial charge is 0.464 e. The first-order chi connectivity index (χ1) is 6.69. The predicted molar refractivity (Wildman–Crippen MR) is 44.7 cm³/mol. The monoisotopic (exact) mass is 196 g/mol. The molecule has 0 amide bonds. The molecule has 0 bridgehead atoms. The van der Waals surface area contributed by atoms with E-state index in [-0.39, 0.29) is 11.4 Å². The Morgan fingerprint density at radius 3 is 1.86 bits per heavy atom. The van der Waals surface area contributed by atoms with Crippen LogP contribution in [0.25, 0.3) is 0 Å². The molecule has 0 unspecified atom stereocenters. The first kappa shape index (κ1) is 10.1. The second-order valence-electron chi connectivity index (χ2n) is 2.27. The van der Waals surface area contributed by atoms with Crippen molar-refractivity contribution in [1.82, 2.24) is 9.97 Å². The number of carbonyl (C=O) groups is 2. The van der Waals surface area contributed by atoms with Crippen molar-refractivity contribution in [2.75, 3.05) is 14.2 Å². The van der Waals surface area contributed by atoms with E-state index in [0.717, 1.165) is 0 Å². The van der Waals surface area contributed by atoms with Crippen molar-refractivity contribution in [2.24, 2.45) is 0 Å². The Labute approximate surface area is 79.9 Å². The minimum Gasteiger partial charge on any atom is -0.464 e. The first-order valence-electron chi connectivity index (χ1n) is 3.67. The molecule has 1 aromatic heterocycles. The fourth-order valence-corrected chi connectivity index (χ4v) is 0.772. The molecule has 0 aromatic carbocycles. The molecule has 0 saturated carbocycles. The molecule has 1 aromatic rings. The lowest BCUT2D eigenvalue weighted by Gasteiger charge is -2.00. The molecule has 0 aliphatic rings. The number of methoxy groups -OCH3 is 2. The van der Waals surface area contributed by atoms with Crippen molar-refractivity contribution in [2.45, 2.75) is 0 Å². The van der Waals surface area contributed by atoms with E-state index in [1.165, 1.54) is 26.6 Å². The minimum absolute atomic E-state index is 0.0320. The summed E-state index contributed by atoms with van der Waals surface area (Å²) in [6.45, 7) is 0. The van der Waals surface area contributed by atoms with Crippen LogP contribution in [-0.4, -0.2) is 36.1 Å². The molecular formula is C8H8N2O4. The highest BCUT2D eigenvalue weighted by atomic mass is 16.5. The quantitative estimate of drug-likeness (QED) is 0.622. The molecule has 1 heterocycles. The predicted octanol–water partition coefficient (Wildman–Crippen LogP) is 0.0498. The number of ether oxygens (including phenoxy) is 2. The third-order valence-electron chi connectivity index (χ3n) is 1.42. The lowest BCUT2D eigenvalue weighted by molar-refractivity contribution is 0.0584. The van der Waals surface area contributed by atoms with E-state index in [2.05, 4.69) is 19.4 Å². The van der Waals surface area contributed by atoms with Gasteiger partial charge in [-0.1, -0.05) is 0 Å². The van der Waals surface area contributed by atoms with Crippen LogP contribution in [0.15, 0.2) is 12.4 Å². The van der Waals surface area contributed by atoms with Crippen LogP contribution in [0.3, 0.4) is 0 Å². The molecule has 6 nitrogen and oxygen atoms in total. The topological polar surface area (TPSA) is 78.4 Å². The summed E-state index contributed by atoms with van der Waals surface area (Å²) in [6.07, 6.45) is 2.41. The van der Waals surface area contributed by atoms with Gasteiger partial charge in [0.2, 0.25) is 0 Å². The molecular weight excluding hydrogens is 188 g/mol. The third-order valence-corrected chi connectivity index (χ3v) is 1.42. The number of hydrogen-bond donors (Lipinski definition) is 0. The summed E-state index contributed by atoms with van der Waals surface area (Å²) in [5.41, 5.74) is -0.0641. The van der Waals surface area contributed by atoms with Crippen LogP contribution in [0.1, 0.15) is 21.0 Å². The highest BCUT2D eigenvalue weighted by Crippen LogP contribution is 1.99. The summed E-state index contributed by atoms with van der Waals surface area (Å²) in [4.78, 5) is 29.4. The lowest BCUT2D eigenvalue weighted by Crippen LogP contribution is -2.11. The van der Waals surface area contributed by atoms with E-state index in [1.807, 2.05) is 0 Å². The van der Waals surface area contributed by atoms with Crippen LogP contribution in [-0.2, 0) is 9.47 Å². The van der Waals surface area contributed by atoms with Gasteiger partial charge in [0.25, 0.3) is 0 Å². The lowest BCUT2D eigenvalue weighted by atomic mass is 10.4. The van der Waals surface area contributed by atoms with E-state index >= 15 is 0 Å². The van der Waals surface area contributed by atoms with Crippen molar-refractivity contribution in [3.8, 4) is 0 Å². The highest BCUT2D eigenvalue weighted by Gasteiger charge is 2.12. The number of aromatic nitrogens is 2. The number of carbonyl (C=O) groups excluding carboxylic acids is 2. The van der Waals surface area contributed by atoms with Gasteiger partial charge in [0.1, 0.15) is 0 Å². The molecule has 0 spiro atoms.